The van der Waals surface area contributed by atoms with E-state index in [1.807, 2.05) is 24.3 Å². The van der Waals surface area contributed by atoms with Crippen LogP contribution in [0.3, 0.4) is 0 Å². The molecule has 0 aliphatic rings. The van der Waals surface area contributed by atoms with Crippen LogP contribution in [0, 0.1) is 10.1 Å². The molecule has 2 aromatic carbocycles. The van der Waals surface area contributed by atoms with Crippen molar-refractivity contribution in [3.8, 4) is 0 Å². The number of nitro groups is 1. The van der Waals surface area contributed by atoms with Crippen molar-refractivity contribution in [3.05, 3.63) is 62.6 Å². The van der Waals surface area contributed by atoms with Crippen LogP contribution in [-0.4, -0.2) is 4.92 Å². The number of nitrogen functional groups attached to an aromatic ring is 1. The lowest BCUT2D eigenvalue weighted by Gasteiger charge is -2.04. The molecule has 2 rings (SSSR count). The van der Waals surface area contributed by atoms with E-state index in [0.717, 1.165) is 20.7 Å². The van der Waals surface area contributed by atoms with Crippen LogP contribution in [0.25, 0.3) is 0 Å². The molecule has 0 amide bonds. The number of nitrogens with two attached hydrogens (primary N) is 1. The second-order valence-electron chi connectivity index (χ2n) is 3.90. The standard InChI is InChI=1S/C13H11BrN2O2S/c14-10-2-1-3-11(7-10)19-8-9-4-5-13(16(17)18)12(15)6-9/h1-7H,8,15H2. The molecule has 2 N–H and O–H groups in total. The molecule has 0 heterocycles. The van der Waals surface area contributed by atoms with Crippen molar-refractivity contribution >= 4 is 39.1 Å². The number of hydrogen-bond donors (Lipinski definition) is 1. The van der Waals surface area contributed by atoms with Crippen molar-refractivity contribution in [2.45, 2.75) is 10.6 Å². The van der Waals surface area contributed by atoms with E-state index in [0.29, 0.717) is 0 Å². The Kier molecular flexibility index (Phi) is 4.44. The Bertz CT molecular complexity index is 619. The van der Waals surface area contributed by atoms with Gasteiger partial charge >= 0.3 is 0 Å². The third-order valence-corrected chi connectivity index (χ3v) is 4.05. The average molecular weight is 339 g/mol. The van der Waals surface area contributed by atoms with Gasteiger partial charge in [0.15, 0.2) is 0 Å². The van der Waals surface area contributed by atoms with Crippen molar-refractivity contribution in [3.63, 3.8) is 0 Å². The van der Waals surface area contributed by atoms with Crippen LogP contribution < -0.4 is 5.73 Å². The molecule has 0 saturated carbocycles. The zero-order valence-electron chi connectivity index (χ0n) is 9.88. The first-order valence-corrected chi connectivity index (χ1v) is 7.25. The van der Waals surface area contributed by atoms with Crippen LogP contribution in [0.2, 0.25) is 0 Å². The molecule has 0 bridgehead atoms. The zero-order valence-corrected chi connectivity index (χ0v) is 12.3. The first-order chi connectivity index (χ1) is 9.06. The second-order valence-corrected chi connectivity index (χ2v) is 5.86. The van der Waals surface area contributed by atoms with E-state index in [-0.39, 0.29) is 11.4 Å². The molecule has 0 fully saturated rings. The summed E-state index contributed by atoms with van der Waals surface area (Å²) < 4.78 is 1.03. The first-order valence-electron chi connectivity index (χ1n) is 5.47. The zero-order chi connectivity index (χ0) is 13.8. The minimum atomic E-state index is -0.472. The summed E-state index contributed by atoms with van der Waals surface area (Å²) in [7, 11) is 0. The van der Waals surface area contributed by atoms with Gasteiger partial charge in [0.1, 0.15) is 5.69 Å². The number of hydrogen-bond acceptors (Lipinski definition) is 4. The van der Waals surface area contributed by atoms with Gasteiger partial charge in [-0.2, -0.15) is 0 Å². The quantitative estimate of drug-likeness (QED) is 0.392. The molecule has 0 radical (unpaired) electrons. The van der Waals surface area contributed by atoms with Gasteiger partial charge in [0.2, 0.25) is 0 Å². The highest BCUT2D eigenvalue weighted by Crippen LogP contribution is 2.28. The largest absolute Gasteiger partial charge is 0.393 e. The van der Waals surface area contributed by atoms with Crippen LogP contribution in [0.15, 0.2) is 51.8 Å². The van der Waals surface area contributed by atoms with E-state index in [1.165, 1.54) is 6.07 Å². The maximum Gasteiger partial charge on any atom is 0.292 e. The number of benzene rings is 2. The normalized spacial score (nSPS) is 10.4. The molecule has 0 aliphatic carbocycles. The van der Waals surface area contributed by atoms with Crippen LogP contribution >= 0.6 is 27.7 Å². The SMILES string of the molecule is Nc1cc(CSc2cccc(Br)c2)ccc1[N+](=O)[O-]. The number of nitrogens with zero attached hydrogens (tertiary/aromatic N) is 1. The van der Waals surface area contributed by atoms with Crippen molar-refractivity contribution < 1.29 is 4.92 Å². The van der Waals surface area contributed by atoms with E-state index in [4.69, 9.17) is 5.73 Å². The summed E-state index contributed by atoms with van der Waals surface area (Å²) in [5.41, 5.74) is 6.78. The highest BCUT2D eigenvalue weighted by molar-refractivity contribution is 9.10. The molecule has 0 unspecified atom stereocenters. The van der Waals surface area contributed by atoms with E-state index in [9.17, 15) is 10.1 Å². The minimum Gasteiger partial charge on any atom is -0.393 e. The van der Waals surface area contributed by atoms with Gasteiger partial charge in [-0.1, -0.05) is 28.1 Å². The van der Waals surface area contributed by atoms with Crippen LogP contribution in [-0.2, 0) is 5.75 Å². The Hall–Kier alpha value is -1.53. The van der Waals surface area contributed by atoms with Gasteiger partial charge in [-0.3, -0.25) is 10.1 Å². The number of nitro benzene ring substituents is 1. The summed E-state index contributed by atoms with van der Waals surface area (Å²) >= 11 is 5.07. The maximum atomic E-state index is 10.7. The van der Waals surface area contributed by atoms with Gasteiger partial charge < -0.3 is 5.73 Å². The topological polar surface area (TPSA) is 69.2 Å². The molecule has 4 nitrogen and oxygen atoms in total. The second kappa shape index (κ2) is 6.08. The predicted molar refractivity (Wildman–Crippen MR) is 81.2 cm³/mol. The Morgan fingerprint density at radius 1 is 1.26 bits per heavy atom. The Morgan fingerprint density at radius 3 is 2.68 bits per heavy atom. The summed E-state index contributed by atoms with van der Waals surface area (Å²) in [4.78, 5) is 11.3. The van der Waals surface area contributed by atoms with Crippen molar-refractivity contribution in [1.82, 2.24) is 0 Å². The molecule has 0 aliphatic heterocycles. The predicted octanol–water partition coefficient (Wildman–Crippen LogP) is 4.23. The van der Waals surface area contributed by atoms with Gasteiger partial charge in [0, 0.05) is 21.2 Å². The van der Waals surface area contributed by atoms with E-state index in [2.05, 4.69) is 15.9 Å². The number of anilines is 1. The third kappa shape index (κ3) is 3.71. The van der Waals surface area contributed by atoms with Crippen molar-refractivity contribution in [2.75, 3.05) is 5.73 Å². The molecule has 6 heteroatoms. The average Bonchev–Trinajstić information content (AvgIpc) is 2.36. The van der Waals surface area contributed by atoms with Gasteiger partial charge in [-0.15, -0.1) is 11.8 Å². The van der Waals surface area contributed by atoms with Gasteiger partial charge in [-0.25, -0.2) is 0 Å². The van der Waals surface area contributed by atoms with E-state index in [1.54, 1.807) is 23.9 Å². The van der Waals surface area contributed by atoms with E-state index >= 15 is 0 Å². The fourth-order valence-electron chi connectivity index (χ4n) is 1.58. The van der Waals surface area contributed by atoms with Gasteiger partial charge in [0.25, 0.3) is 5.69 Å². The lowest BCUT2D eigenvalue weighted by molar-refractivity contribution is -0.383. The molecule has 19 heavy (non-hydrogen) atoms. The Balaban J connectivity index is 2.08. The molecule has 0 atom stereocenters. The molecule has 0 aromatic heterocycles. The molecular formula is C13H11BrN2O2S. The lowest BCUT2D eigenvalue weighted by atomic mass is 10.2. The highest BCUT2D eigenvalue weighted by Gasteiger charge is 2.11. The summed E-state index contributed by atoms with van der Waals surface area (Å²) in [5.74, 6) is 0.721. The number of thioether (sulfide) groups is 1. The Labute approximate surface area is 123 Å². The van der Waals surface area contributed by atoms with Gasteiger partial charge in [-0.05, 0) is 29.8 Å². The fraction of sp³-hybridized carbons (Fsp3) is 0.0769. The molecule has 98 valence electrons. The Morgan fingerprint density at radius 2 is 2.05 bits per heavy atom. The van der Waals surface area contributed by atoms with E-state index < -0.39 is 4.92 Å². The number of rotatable bonds is 4. The monoisotopic (exact) mass is 338 g/mol. The summed E-state index contributed by atoms with van der Waals surface area (Å²) in [5, 5.41) is 10.7. The smallest absolute Gasteiger partial charge is 0.292 e. The van der Waals surface area contributed by atoms with Crippen LogP contribution in [0.4, 0.5) is 11.4 Å². The van der Waals surface area contributed by atoms with Crippen LogP contribution in [0.5, 0.6) is 0 Å². The highest BCUT2D eigenvalue weighted by atomic mass is 79.9. The van der Waals surface area contributed by atoms with Gasteiger partial charge in [0.05, 0.1) is 4.92 Å². The summed E-state index contributed by atoms with van der Waals surface area (Å²) in [6.45, 7) is 0. The molecule has 0 spiro atoms. The molecular weight excluding hydrogens is 328 g/mol. The minimum absolute atomic E-state index is 0.0452. The first kappa shape index (κ1) is 13.9. The maximum absolute atomic E-state index is 10.7. The molecule has 0 saturated heterocycles. The van der Waals surface area contributed by atoms with Crippen molar-refractivity contribution in [2.24, 2.45) is 0 Å². The summed E-state index contributed by atoms with van der Waals surface area (Å²) in [6, 6.07) is 12.8. The fourth-order valence-corrected chi connectivity index (χ4v) is 3.03. The lowest BCUT2D eigenvalue weighted by Crippen LogP contribution is -1.96. The molecule has 2 aromatic rings. The third-order valence-electron chi connectivity index (χ3n) is 2.49. The number of halogens is 1. The van der Waals surface area contributed by atoms with Crippen LogP contribution in [0.1, 0.15) is 5.56 Å². The summed E-state index contributed by atoms with van der Waals surface area (Å²) in [6.07, 6.45) is 0. The van der Waals surface area contributed by atoms with Crippen molar-refractivity contribution in [1.29, 1.82) is 0 Å².